The lowest BCUT2D eigenvalue weighted by molar-refractivity contribution is 0.0684. The van der Waals surface area contributed by atoms with E-state index >= 15 is 0 Å². The quantitative estimate of drug-likeness (QED) is 0.771. The number of benzene rings is 2. The smallest absolute Gasteiger partial charge is 0.254 e. The van der Waals surface area contributed by atoms with Gasteiger partial charge in [-0.3, -0.25) is 9.69 Å². The van der Waals surface area contributed by atoms with Gasteiger partial charge in [0.15, 0.2) is 11.5 Å². The Kier molecular flexibility index (Phi) is 5.53. The number of ether oxygens (including phenoxy) is 2. The number of carbonyl (C=O) groups is 1. The summed E-state index contributed by atoms with van der Waals surface area (Å²) in [5, 5.41) is 0. The Bertz CT molecular complexity index is 837. The Morgan fingerprint density at radius 1 is 1.04 bits per heavy atom. The van der Waals surface area contributed by atoms with Crippen LogP contribution in [0, 0.1) is 0 Å². The van der Waals surface area contributed by atoms with Crippen molar-refractivity contribution < 1.29 is 14.3 Å². The van der Waals surface area contributed by atoms with Gasteiger partial charge in [-0.2, -0.15) is 0 Å². The summed E-state index contributed by atoms with van der Waals surface area (Å²) >= 11 is 0. The van der Waals surface area contributed by atoms with Crippen molar-refractivity contribution in [2.24, 2.45) is 0 Å². The third kappa shape index (κ3) is 3.72. The van der Waals surface area contributed by atoms with Gasteiger partial charge in [-0.25, -0.2) is 0 Å². The first-order valence-corrected chi connectivity index (χ1v) is 10.0. The Morgan fingerprint density at radius 3 is 2.54 bits per heavy atom. The molecule has 2 aliphatic heterocycles. The summed E-state index contributed by atoms with van der Waals surface area (Å²) in [6.07, 6.45) is 3.20. The molecule has 0 saturated carbocycles. The van der Waals surface area contributed by atoms with E-state index in [-0.39, 0.29) is 5.91 Å². The molecule has 2 aromatic carbocycles. The highest BCUT2D eigenvalue weighted by atomic mass is 16.5. The van der Waals surface area contributed by atoms with Crippen LogP contribution < -0.4 is 9.47 Å². The summed E-state index contributed by atoms with van der Waals surface area (Å²) in [6.45, 7) is 3.61. The van der Waals surface area contributed by atoms with E-state index in [4.69, 9.17) is 9.47 Å². The number of rotatable bonds is 6. The third-order valence-corrected chi connectivity index (χ3v) is 5.94. The molecule has 0 aromatic heterocycles. The standard InChI is InChI=1S/C23H28N2O3/c1-27-21-13-18-10-12-25(23(26)20(18)14-22(21)28-2)16-19-9-6-11-24(19)15-17-7-4-3-5-8-17/h3-5,7-8,13-14,19H,6,9-12,15-16H2,1-2H3. The first kappa shape index (κ1) is 18.8. The summed E-state index contributed by atoms with van der Waals surface area (Å²) < 4.78 is 10.8. The topological polar surface area (TPSA) is 42.0 Å². The number of methoxy groups -OCH3 is 2. The molecule has 1 atom stereocenters. The van der Waals surface area contributed by atoms with E-state index in [9.17, 15) is 4.79 Å². The Balaban J connectivity index is 1.48. The summed E-state index contributed by atoms with van der Waals surface area (Å²) in [7, 11) is 3.23. The van der Waals surface area contributed by atoms with Crippen molar-refractivity contribution in [2.75, 3.05) is 33.9 Å². The number of nitrogens with zero attached hydrogens (tertiary/aromatic N) is 2. The fourth-order valence-electron chi connectivity index (χ4n) is 4.41. The predicted molar refractivity (Wildman–Crippen MR) is 109 cm³/mol. The van der Waals surface area contributed by atoms with Crippen LogP contribution in [0.25, 0.3) is 0 Å². The molecule has 0 radical (unpaired) electrons. The second kappa shape index (κ2) is 8.23. The zero-order valence-corrected chi connectivity index (χ0v) is 16.7. The minimum Gasteiger partial charge on any atom is -0.493 e. The summed E-state index contributed by atoms with van der Waals surface area (Å²) in [5.74, 6) is 1.41. The molecular formula is C23H28N2O3. The molecule has 1 fully saturated rings. The number of hydrogen-bond donors (Lipinski definition) is 0. The van der Waals surface area contributed by atoms with Crippen LogP contribution >= 0.6 is 0 Å². The lowest BCUT2D eigenvalue weighted by atomic mass is 9.97. The third-order valence-electron chi connectivity index (χ3n) is 5.94. The molecule has 1 amide bonds. The van der Waals surface area contributed by atoms with Crippen LogP contribution in [-0.4, -0.2) is 55.6 Å². The van der Waals surface area contributed by atoms with Gasteiger partial charge in [0.1, 0.15) is 0 Å². The van der Waals surface area contributed by atoms with E-state index in [0.29, 0.717) is 17.5 Å². The normalized spacial score (nSPS) is 19.6. The van der Waals surface area contributed by atoms with Gasteiger partial charge in [0, 0.05) is 31.2 Å². The van der Waals surface area contributed by atoms with Gasteiger partial charge < -0.3 is 14.4 Å². The largest absolute Gasteiger partial charge is 0.493 e. The Hall–Kier alpha value is -2.53. The average Bonchev–Trinajstić information content (AvgIpc) is 3.16. The fourth-order valence-corrected chi connectivity index (χ4v) is 4.41. The van der Waals surface area contributed by atoms with Gasteiger partial charge in [0.2, 0.25) is 0 Å². The maximum atomic E-state index is 13.1. The molecule has 1 unspecified atom stereocenters. The first-order valence-electron chi connectivity index (χ1n) is 10.0. The van der Waals surface area contributed by atoms with Crippen LogP contribution in [0.3, 0.4) is 0 Å². The van der Waals surface area contributed by atoms with E-state index in [1.807, 2.05) is 17.0 Å². The molecule has 0 bridgehead atoms. The summed E-state index contributed by atoms with van der Waals surface area (Å²) in [6, 6.07) is 14.8. The monoisotopic (exact) mass is 380 g/mol. The van der Waals surface area contributed by atoms with Gasteiger partial charge >= 0.3 is 0 Å². The SMILES string of the molecule is COc1cc2c(cc1OC)C(=O)N(CC1CCCN1Cc1ccccc1)CC2. The van der Waals surface area contributed by atoms with Crippen LogP contribution in [0.1, 0.15) is 34.3 Å². The van der Waals surface area contributed by atoms with Crippen molar-refractivity contribution >= 4 is 5.91 Å². The second-order valence-corrected chi connectivity index (χ2v) is 7.62. The zero-order valence-electron chi connectivity index (χ0n) is 16.7. The molecule has 148 valence electrons. The van der Waals surface area contributed by atoms with Crippen molar-refractivity contribution in [2.45, 2.75) is 31.8 Å². The molecule has 0 aliphatic carbocycles. The first-order chi connectivity index (χ1) is 13.7. The van der Waals surface area contributed by atoms with Gasteiger partial charge in [0.05, 0.1) is 14.2 Å². The molecule has 28 heavy (non-hydrogen) atoms. The molecule has 0 spiro atoms. The van der Waals surface area contributed by atoms with Gasteiger partial charge in [-0.05, 0) is 49.1 Å². The molecule has 4 rings (SSSR count). The highest BCUT2D eigenvalue weighted by Gasteiger charge is 2.32. The van der Waals surface area contributed by atoms with Crippen molar-refractivity contribution in [1.29, 1.82) is 0 Å². The Labute approximate surface area is 166 Å². The van der Waals surface area contributed by atoms with Gasteiger partial charge in [-0.15, -0.1) is 0 Å². The average molecular weight is 380 g/mol. The summed E-state index contributed by atoms with van der Waals surface area (Å²) in [4.78, 5) is 17.7. The summed E-state index contributed by atoms with van der Waals surface area (Å²) in [5.41, 5.74) is 3.13. The number of hydrogen-bond acceptors (Lipinski definition) is 4. The zero-order chi connectivity index (χ0) is 19.5. The van der Waals surface area contributed by atoms with Crippen LogP contribution in [0.5, 0.6) is 11.5 Å². The molecule has 2 heterocycles. The van der Waals surface area contributed by atoms with E-state index in [1.54, 1.807) is 14.2 Å². The minimum atomic E-state index is 0.105. The van der Waals surface area contributed by atoms with Crippen molar-refractivity contribution in [3.05, 3.63) is 59.2 Å². The van der Waals surface area contributed by atoms with E-state index in [2.05, 4.69) is 35.2 Å². The number of fused-ring (bicyclic) bond motifs is 1. The molecule has 2 aromatic rings. The highest BCUT2D eigenvalue weighted by Crippen LogP contribution is 2.33. The maximum Gasteiger partial charge on any atom is 0.254 e. The molecule has 0 N–H and O–H groups in total. The number of carbonyl (C=O) groups excluding carboxylic acids is 1. The van der Waals surface area contributed by atoms with Crippen molar-refractivity contribution in [3.8, 4) is 11.5 Å². The number of amides is 1. The van der Waals surface area contributed by atoms with Gasteiger partial charge in [-0.1, -0.05) is 30.3 Å². The molecule has 5 nitrogen and oxygen atoms in total. The van der Waals surface area contributed by atoms with E-state index in [1.165, 1.54) is 12.0 Å². The molecule has 1 saturated heterocycles. The van der Waals surface area contributed by atoms with Gasteiger partial charge in [0.25, 0.3) is 5.91 Å². The molecular weight excluding hydrogens is 352 g/mol. The van der Waals surface area contributed by atoms with Crippen molar-refractivity contribution in [3.63, 3.8) is 0 Å². The van der Waals surface area contributed by atoms with Crippen LogP contribution in [0.15, 0.2) is 42.5 Å². The van der Waals surface area contributed by atoms with E-state index < -0.39 is 0 Å². The minimum absolute atomic E-state index is 0.105. The van der Waals surface area contributed by atoms with Crippen LogP contribution in [-0.2, 0) is 13.0 Å². The lowest BCUT2D eigenvalue weighted by Gasteiger charge is -2.34. The predicted octanol–water partition coefficient (Wildman–Crippen LogP) is 3.37. The highest BCUT2D eigenvalue weighted by molar-refractivity contribution is 5.97. The molecule has 5 heteroatoms. The Morgan fingerprint density at radius 2 is 1.79 bits per heavy atom. The van der Waals surface area contributed by atoms with Crippen molar-refractivity contribution in [1.82, 2.24) is 9.80 Å². The number of likely N-dealkylation sites (tertiary alicyclic amines) is 1. The lowest BCUT2D eigenvalue weighted by Crippen LogP contribution is -2.45. The second-order valence-electron chi connectivity index (χ2n) is 7.62. The van der Waals surface area contributed by atoms with E-state index in [0.717, 1.165) is 50.1 Å². The van der Waals surface area contributed by atoms with Crippen LogP contribution in [0.2, 0.25) is 0 Å². The fraction of sp³-hybridized carbons (Fsp3) is 0.435. The molecule has 2 aliphatic rings. The van der Waals surface area contributed by atoms with Crippen LogP contribution in [0.4, 0.5) is 0 Å². The maximum absolute atomic E-state index is 13.1.